The van der Waals surface area contributed by atoms with E-state index < -0.39 is 0 Å². The summed E-state index contributed by atoms with van der Waals surface area (Å²) in [5, 5.41) is 0. The molecule has 0 N–H and O–H groups in total. The van der Waals surface area contributed by atoms with E-state index in [0.717, 1.165) is 23.7 Å². The third-order valence-electron chi connectivity index (χ3n) is 5.83. The molecule has 0 spiro atoms. The summed E-state index contributed by atoms with van der Waals surface area (Å²) in [5.74, 6) is 5.11. The molecule has 0 heterocycles. The molecule has 0 saturated heterocycles. The van der Waals surface area contributed by atoms with Crippen LogP contribution in [0, 0.1) is 23.7 Å². The second-order valence-electron chi connectivity index (χ2n) is 9.04. The van der Waals surface area contributed by atoms with Crippen LogP contribution in [0.25, 0.3) is 0 Å². The molecule has 1 saturated carbocycles. The first kappa shape index (κ1) is 24.3. The molecule has 2 atom stereocenters. The minimum atomic E-state index is 0. The Balaban J connectivity index is 0.000000443. The van der Waals surface area contributed by atoms with Crippen LogP contribution < -0.4 is 0 Å². The summed E-state index contributed by atoms with van der Waals surface area (Å²) in [7, 11) is 0. The van der Waals surface area contributed by atoms with Crippen LogP contribution in [0.2, 0.25) is 0 Å². The van der Waals surface area contributed by atoms with Gasteiger partial charge in [-0.3, -0.25) is 0 Å². The van der Waals surface area contributed by atoms with Gasteiger partial charge in [-0.1, -0.05) is 92.5 Å². The second kappa shape index (κ2) is 11.8. The maximum atomic E-state index is 2.39. The third kappa shape index (κ3) is 7.59. The van der Waals surface area contributed by atoms with E-state index in [1.165, 1.54) is 36.8 Å². The molecule has 0 nitrogen and oxygen atoms in total. The first-order valence-corrected chi connectivity index (χ1v) is 10.3. The first-order chi connectivity index (χ1) is 11.3. The van der Waals surface area contributed by atoms with Crippen LogP contribution in [0.3, 0.4) is 0 Å². The Hall–Kier alpha value is -0.715. The molecule has 2 unspecified atom stereocenters. The normalized spacial score (nSPS) is 20.5. The fourth-order valence-electron chi connectivity index (χ4n) is 4.41. The highest BCUT2D eigenvalue weighted by Gasteiger charge is 2.29. The lowest BCUT2D eigenvalue weighted by Crippen LogP contribution is -2.27. The summed E-state index contributed by atoms with van der Waals surface area (Å²) in [4.78, 5) is 0. The average molecular weight is 341 g/mol. The summed E-state index contributed by atoms with van der Waals surface area (Å²) in [6.45, 7) is 18.6. The Kier molecular flexibility index (Phi) is 11.5. The highest BCUT2D eigenvalue weighted by Crippen LogP contribution is 2.39. The standard InChI is InChI=1S/C12H24.C12H18.B/c2*1-9(2)11-7-5-6-8-12(11)10(3)4;/h9-12H,5-8H2,1-4H3;5-10H,1-4H3;. The molecule has 0 bridgehead atoms. The van der Waals surface area contributed by atoms with E-state index in [1.807, 2.05) is 0 Å². The quantitative estimate of drug-likeness (QED) is 0.493. The lowest BCUT2D eigenvalue weighted by Gasteiger charge is -2.37. The average Bonchev–Trinajstić information content (AvgIpc) is 2.55. The van der Waals surface area contributed by atoms with E-state index in [-0.39, 0.29) is 8.41 Å². The molecule has 25 heavy (non-hydrogen) atoms. The highest BCUT2D eigenvalue weighted by molar-refractivity contribution is 5.75. The molecule has 141 valence electrons. The van der Waals surface area contributed by atoms with Crippen LogP contribution in [0.4, 0.5) is 0 Å². The maximum Gasteiger partial charge on any atom is 0 e. The van der Waals surface area contributed by atoms with Gasteiger partial charge in [-0.05, 0) is 59.5 Å². The molecular weight excluding hydrogens is 299 g/mol. The smallest absolute Gasteiger partial charge is 0 e. The number of benzene rings is 1. The maximum absolute atomic E-state index is 2.39. The molecule has 1 aliphatic rings. The van der Waals surface area contributed by atoms with Crippen molar-refractivity contribution in [3.8, 4) is 0 Å². The summed E-state index contributed by atoms with van der Waals surface area (Å²) >= 11 is 0. The highest BCUT2D eigenvalue weighted by atomic mass is 14.3. The lowest BCUT2D eigenvalue weighted by atomic mass is 9.69. The molecule has 0 aromatic heterocycles. The first-order valence-electron chi connectivity index (χ1n) is 10.3. The third-order valence-corrected chi connectivity index (χ3v) is 5.83. The minimum absolute atomic E-state index is 0. The van der Waals surface area contributed by atoms with Gasteiger partial charge >= 0.3 is 0 Å². The van der Waals surface area contributed by atoms with Gasteiger partial charge in [-0.2, -0.15) is 0 Å². The monoisotopic (exact) mass is 341 g/mol. The van der Waals surface area contributed by atoms with Gasteiger partial charge in [0.2, 0.25) is 0 Å². The van der Waals surface area contributed by atoms with Crippen molar-refractivity contribution in [3.05, 3.63) is 35.4 Å². The predicted octanol–water partition coefficient (Wildman–Crippen LogP) is 7.66. The Labute approximate surface area is 160 Å². The molecule has 0 aliphatic heterocycles. The van der Waals surface area contributed by atoms with Crippen molar-refractivity contribution in [3.63, 3.8) is 0 Å². The SMILES string of the molecule is CC(C)C1CCCCC1C(C)C.CC(C)c1ccccc1C(C)C.[B]. The van der Waals surface area contributed by atoms with Crippen molar-refractivity contribution >= 4 is 8.41 Å². The van der Waals surface area contributed by atoms with Crippen molar-refractivity contribution in [2.24, 2.45) is 23.7 Å². The van der Waals surface area contributed by atoms with Crippen LogP contribution >= 0.6 is 0 Å². The van der Waals surface area contributed by atoms with Crippen molar-refractivity contribution in [1.82, 2.24) is 0 Å². The molecule has 1 aromatic carbocycles. The Bertz CT molecular complexity index is 416. The summed E-state index contributed by atoms with van der Waals surface area (Å²) in [6, 6.07) is 8.72. The zero-order valence-corrected chi connectivity index (χ0v) is 18.2. The molecule has 3 radical (unpaired) electrons. The van der Waals surface area contributed by atoms with Crippen molar-refractivity contribution < 1.29 is 0 Å². The van der Waals surface area contributed by atoms with Crippen LogP contribution in [-0.4, -0.2) is 8.41 Å². The second-order valence-corrected chi connectivity index (χ2v) is 9.04. The molecule has 1 aromatic rings. The fourth-order valence-corrected chi connectivity index (χ4v) is 4.41. The van der Waals surface area contributed by atoms with Crippen LogP contribution in [-0.2, 0) is 0 Å². The van der Waals surface area contributed by atoms with Gasteiger partial charge in [-0.25, -0.2) is 0 Å². The number of hydrogen-bond donors (Lipinski definition) is 0. The molecule has 1 aliphatic carbocycles. The van der Waals surface area contributed by atoms with Crippen LogP contribution in [0.5, 0.6) is 0 Å². The molecule has 0 amide bonds. The predicted molar refractivity (Wildman–Crippen MR) is 115 cm³/mol. The zero-order chi connectivity index (χ0) is 18.3. The summed E-state index contributed by atoms with van der Waals surface area (Å²) in [6.07, 6.45) is 5.93. The Morgan fingerprint density at radius 1 is 0.640 bits per heavy atom. The lowest BCUT2D eigenvalue weighted by molar-refractivity contribution is 0.136. The van der Waals surface area contributed by atoms with Gasteiger partial charge < -0.3 is 0 Å². The largest absolute Gasteiger partial charge is 0.0625 e. The summed E-state index contributed by atoms with van der Waals surface area (Å²) < 4.78 is 0. The van der Waals surface area contributed by atoms with Gasteiger partial charge in [0.15, 0.2) is 0 Å². The number of hydrogen-bond acceptors (Lipinski definition) is 0. The van der Waals surface area contributed by atoms with E-state index >= 15 is 0 Å². The Morgan fingerprint density at radius 3 is 1.20 bits per heavy atom. The Morgan fingerprint density at radius 2 is 0.960 bits per heavy atom. The number of rotatable bonds is 4. The van der Waals surface area contributed by atoms with Crippen molar-refractivity contribution in [2.75, 3.05) is 0 Å². The topological polar surface area (TPSA) is 0 Å². The van der Waals surface area contributed by atoms with Gasteiger partial charge in [0.25, 0.3) is 0 Å². The molecule has 1 heteroatoms. The van der Waals surface area contributed by atoms with E-state index in [2.05, 4.69) is 79.7 Å². The summed E-state index contributed by atoms with van der Waals surface area (Å²) in [5.41, 5.74) is 2.99. The molecule has 2 rings (SSSR count). The van der Waals surface area contributed by atoms with E-state index in [1.54, 1.807) is 0 Å². The van der Waals surface area contributed by atoms with Crippen molar-refractivity contribution in [1.29, 1.82) is 0 Å². The zero-order valence-electron chi connectivity index (χ0n) is 18.2. The molecule has 1 fully saturated rings. The van der Waals surface area contributed by atoms with E-state index in [4.69, 9.17) is 0 Å². The van der Waals surface area contributed by atoms with Crippen LogP contribution in [0.1, 0.15) is 104 Å². The van der Waals surface area contributed by atoms with E-state index in [9.17, 15) is 0 Å². The molecular formula is C24H42B. The van der Waals surface area contributed by atoms with Gasteiger partial charge in [0.1, 0.15) is 0 Å². The van der Waals surface area contributed by atoms with Gasteiger partial charge in [0, 0.05) is 8.41 Å². The van der Waals surface area contributed by atoms with Crippen LogP contribution in [0.15, 0.2) is 24.3 Å². The minimum Gasteiger partial charge on any atom is -0.0625 e. The van der Waals surface area contributed by atoms with Gasteiger partial charge in [-0.15, -0.1) is 0 Å². The van der Waals surface area contributed by atoms with E-state index in [0.29, 0.717) is 11.8 Å². The van der Waals surface area contributed by atoms with Crippen molar-refractivity contribution in [2.45, 2.75) is 92.9 Å². The fraction of sp³-hybridized carbons (Fsp3) is 0.750. The van der Waals surface area contributed by atoms with Gasteiger partial charge in [0.05, 0.1) is 0 Å².